The first-order valence-corrected chi connectivity index (χ1v) is 14.2. The van der Waals surface area contributed by atoms with Gasteiger partial charge in [0, 0.05) is 20.2 Å². The third-order valence-corrected chi connectivity index (χ3v) is 5.90. The monoisotopic (exact) mass is 646 g/mol. The highest BCUT2D eigenvalue weighted by Crippen LogP contribution is 2.31. The fourth-order valence-electron chi connectivity index (χ4n) is 4.05. The lowest BCUT2D eigenvalue weighted by molar-refractivity contribution is -0.267. The fraction of sp³-hybridized carbons (Fsp3) is 0.889. The van der Waals surface area contributed by atoms with E-state index in [1.54, 1.807) is 0 Å². The standard InChI is InChI=1S/C18H36N6O6.2H2O4S.H2O/c1-8(20)10-5-4-9(21)18(29-10)30-16-12(22)14(26)17(28-3)13(15(16)27)24(2)11(25)6-23-7-19;2*1-5(2,3)4;/h7-10,12-18,26-27H,4-6,20-22H2,1-3H3,(H2,19,23);2*(H2,1,2,3,4);1H2. The number of nitrogens with two attached hydrogens (primary N) is 4. The minimum Gasteiger partial charge on any atom is -0.412 e. The Labute approximate surface area is 237 Å². The molecule has 0 bridgehead atoms. The summed E-state index contributed by atoms with van der Waals surface area (Å²) in [4.78, 5) is 17.4. The molecule has 0 aromatic rings. The Morgan fingerprint density at radius 2 is 1.56 bits per heavy atom. The molecule has 0 aromatic carbocycles. The zero-order valence-corrected chi connectivity index (χ0v) is 24.1. The summed E-state index contributed by atoms with van der Waals surface area (Å²) in [6.07, 6.45) is -3.29. The Morgan fingerprint density at radius 1 is 1.07 bits per heavy atom. The molecule has 0 aromatic heterocycles. The first-order valence-electron chi connectivity index (χ1n) is 11.5. The van der Waals surface area contributed by atoms with Crippen LogP contribution in [0.15, 0.2) is 4.99 Å². The van der Waals surface area contributed by atoms with Gasteiger partial charge in [-0.2, -0.15) is 16.8 Å². The zero-order chi connectivity index (χ0) is 31.6. The molecular formula is C18H42N6O15S2. The van der Waals surface area contributed by atoms with Crippen molar-refractivity contribution in [3.05, 3.63) is 0 Å². The highest BCUT2D eigenvalue weighted by atomic mass is 32.3. The summed E-state index contributed by atoms with van der Waals surface area (Å²) in [5, 5.41) is 21.8. The molecular weight excluding hydrogens is 604 g/mol. The Hall–Kier alpha value is -1.68. The van der Waals surface area contributed by atoms with Crippen molar-refractivity contribution >= 4 is 33.0 Å². The van der Waals surface area contributed by atoms with Gasteiger partial charge in [0.15, 0.2) is 6.29 Å². The van der Waals surface area contributed by atoms with E-state index in [0.29, 0.717) is 12.8 Å². The molecule has 23 heteroatoms. The van der Waals surface area contributed by atoms with Crippen LogP contribution in [0.1, 0.15) is 19.8 Å². The molecule has 2 rings (SSSR count). The van der Waals surface area contributed by atoms with Crippen molar-refractivity contribution in [3.63, 3.8) is 0 Å². The molecule has 16 N–H and O–H groups in total. The predicted octanol–water partition coefficient (Wildman–Crippen LogP) is -5.69. The van der Waals surface area contributed by atoms with Gasteiger partial charge in [-0.25, -0.2) is 0 Å². The van der Waals surface area contributed by atoms with E-state index in [2.05, 4.69) is 4.99 Å². The molecule has 1 aliphatic carbocycles. The average molecular weight is 647 g/mol. The lowest BCUT2D eigenvalue weighted by atomic mass is 9.80. The summed E-state index contributed by atoms with van der Waals surface area (Å²) >= 11 is 0. The minimum atomic E-state index is -4.67. The second kappa shape index (κ2) is 18.1. The Morgan fingerprint density at radius 3 is 1.98 bits per heavy atom. The van der Waals surface area contributed by atoms with E-state index in [-0.39, 0.29) is 24.2 Å². The quantitative estimate of drug-likeness (QED) is 0.0699. The maximum atomic E-state index is 12.4. The molecule has 1 aliphatic heterocycles. The number of nitrogens with zero attached hydrogens (tertiary/aromatic N) is 2. The number of amides is 1. The predicted molar refractivity (Wildman–Crippen MR) is 141 cm³/mol. The molecule has 1 heterocycles. The summed E-state index contributed by atoms with van der Waals surface area (Å²) in [6.45, 7) is 1.61. The summed E-state index contributed by atoms with van der Waals surface area (Å²) in [5.41, 5.74) is 23.5. The van der Waals surface area contributed by atoms with Crippen LogP contribution in [0.5, 0.6) is 0 Å². The number of rotatable bonds is 7. The van der Waals surface area contributed by atoms with E-state index in [1.165, 1.54) is 19.1 Å². The van der Waals surface area contributed by atoms with Gasteiger partial charge in [-0.15, -0.1) is 0 Å². The lowest BCUT2D eigenvalue weighted by Gasteiger charge is -2.50. The van der Waals surface area contributed by atoms with Crippen LogP contribution in [-0.4, -0.2) is 150 Å². The SMILES string of the molecule is COC1C(O)C(N)C(OC2OC(C(C)N)CCC2N)C(O)C1N(C)C(=O)CN=CN.O.O=S(=O)(O)O.O=S(=O)(O)O. The van der Waals surface area contributed by atoms with E-state index < -0.39 is 75.5 Å². The van der Waals surface area contributed by atoms with Crippen LogP contribution in [0.25, 0.3) is 0 Å². The first-order chi connectivity index (χ1) is 18.1. The van der Waals surface area contributed by atoms with Crippen molar-refractivity contribution in [2.45, 2.75) is 80.7 Å². The number of aliphatic imine (C=N–C) groups is 1. The summed E-state index contributed by atoms with van der Waals surface area (Å²) in [6, 6.07) is -2.62. The lowest BCUT2D eigenvalue weighted by Crippen LogP contribution is -2.72. The molecule has 10 unspecified atom stereocenters. The highest BCUT2D eigenvalue weighted by molar-refractivity contribution is 7.80. The van der Waals surface area contributed by atoms with Crippen LogP contribution in [0, 0.1) is 0 Å². The second-order valence-corrected chi connectivity index (χ2v) is 10.7. The molecule has 1 saturated heterocycles. The molecule has 21 nitrogen and oxygen atoms in total. The third-order valence-electron chi connectivity index (χ3n) is 5.90. The van der Waals surface area contributed by atoms with Gasteiger partial charge in [0.2, 0.25) is 5.91 Å². The van der Waals surface area contributed by atoms with Gasteiger partial charge < -0.3 is 57.7 Å². The number of aliphatic hydroxyl groups is 2. The van der Waals surface area contributed by atoms with Crippen LogP contribution in [0.4, 0.5) is 0 Å². The number of aliphatic hydroxyl groups excluding tert-OH is 2. The number of methoxy groups -OCH3 is 1. The van der Waals surface area contributed by atoms with Gasteiger partial charge in [0.25, 0.3) is 0 Å². The summed E-state index contributed by atoms with van der Waals surface area (Å²) in [7, 11) is -6.49. The molecule has 2 aliphatic rings. The van der Waals surface area contributed by atoms with Gasteiger partial charge >= 0.3 is 20.8 Å². The van der Waals surface area contributed by atoms with Crippen molar-refractivity contribution in [2.75, 3.05) is 20.7 Å². The minimum absolute atomic E-state index is 0. The Balaban J connectivity index is 0. The fourth-order valence-corrected chi connectivity index (χ4v) is 4.05. The molecule has 0 radical (unpaired) electrons. The maximum Gasteiger partial charge on any atom is 0.394 e. The molecule has 246 valence electrons. The largest absolute Gasteiger partial charge is 0.412 e. The number of hydrogen-bond acceptors (Lipinski definition) is 14. The van der Waals surface area contributed by atoms with Gasteiger partial charge in [0.1, 0.15) is 24.9 Å². The number of hydrogen-bond donors (Lipinski definition) is 10. The van der Waals surface area contributed by atoms with Crippen molar-refractivity contribution in [3.8, 4) is 0 Å². The Bertz CT molecular complexity index is 972. The van der Waals surface area contributed by atoms with Crippen LogP contribution in [0.3, 0.4) is 0 Å². The third kappa shape index (κ3) is 15.4. The van der Waals surface area contributed by atoms with Gasteiger partial charge in [-0.1, -0.05) is 0 Å². The number of ether oxygens (including phenoxy) is 3. The van der Waals surface area contributed by atoms with E-state index >= 15 is 0 Å². The molecule has 10 atom stereocenters. The zero-order valence-electron chi connectivity index (χ0n) is 22.4. The number of likely N-dealkylation sites (N-methyl/N-ethyl adjacent to an activating group) is 1. The smallest absolute Gasteiger partial charge is 0.394 e. The van der Waals surface area contributed by atoms with E-state index in [0.717, 1.165) is 6.34 Å². The highest BCUT2D eigenvalue weighted by Gasteiger charge is 2.53. The van der Waals surface area contributed by atoms with Crippen molar-refractivity contribution in [1.29, 1.82) is 0 Å². The van der Waals surface area contributed by atoms with E-state index in [1.807, 2.05) is 6.92 Å². The van der Waals surface area contributed by atoms with E-state index in [4.69, 9.17) is 72.2 Å². The maximum absolute atomic E-state index is 12.4. The van der Waals surface area contributed by atoms with Crippen molar-refractivity contribution < 1.29 is 69.7 Å². The van der Waals surface area contributed by atoms with Gasteiger partial charge in [-0.3, -0.25) is 28.0 Å². The summed E-state index contributed by atoms with van der Waals surface area (Å²) < 4.78 is 80.4. The van der Waals surface area contributed by atoms with Gasteiger partial charge in [-0.05, 0) is 19.8 Å². The van der Waals surface area contributed by atoms with Gasteiger partial charge in [0.05, 0.1) is 36.7 Å². The molecule has 1 saturated carbocycles. The summed E-state index contributed by atoms with van der Waals surface area (Å²) in [5.74, 6) is -0.424. The number of carbonyl (C=O) groups excluding carboxylic acids is 1. The van der Waals surface area contributed by atoms with Crippen molar-refractivity contribution in [1.82, 2.24) is 4.90 Å². The Kier molecular flexibility index (Phi) is 18.3. The number of carbonyl (C=O) groups is 1. The van der Waals surface area contributed by atoms with Crippen molar-refractivity contribution in [2.24, 2.45) is 27.9 Å². The average Bonchev–Trinajstić information content (AvgIpc) is 2.80. The molecule has 1 amide bonds. The molecule has 2 fully saturated rings. The first kappa shape index (κ1) is 41.5. The topological polar surface area (TPSA) is 386 Å². The normalized spacial score (nSPS) is 32.8. The van der Waals surface area contributed by atoms with Crippen LogP contribution < -0.4 is 22.9 Å². The van der Waals surface area contributed by atoms with Crippen LogP contribution in [-0.2, 0) is 39.8 Å². The molecule has 0 spiro atoms. The van der Waals surface area contributed by atoms with Crippen LogP contribution >= 0.6 is 0 Å². The van der Waals surface area contributed by atoms with E-state index in [9.17, 15) is 15.0 Å². The second-order valence-electron chi connectivity index (χ2n) is 8.88. The molecule has 41 heavy (non-hydrogen) atoms. The van der Waals surface area contributed by atoms with Crippen LogP contribution in [0.2, 0.25) is 0 Å².